The maximum absolute atomic E-state index is 13.0. The first-order valence-electron chi connectivity index (χ1n) is 9.61. The lowest BCUT2D eigenvalue weighted by molar-refractivity contribution is -0.137. The number of hydrogen-bond donors (Lipinski definition) is 2. The molecular weight excluding hydrogens is 495 g/mol. The summed E-state index contributed by atoms with van der Waals surface area (Å²) in [5, 5.41) is 10.9. The summed E-state index contributed by atoms with van der Waals surface area (Å²) in [6.07, 6.45) is -0.838. The predicted molar refractivity (Wildman–Crippen MR) is 118 cm³/mol. The number of nitrogens with one attached hydrogen (secondary N) is 1. The molecule has 0 aliphatic heterocycles. The SMILES string of the molecule is O=C(CCc1ncc(C(=O)Nc2cc(C(F)(F)F)c(Cl)cn2)s1)c1cc(C#CCCO)ncn1. The molecule has 3 aromatic heterocycles. The molecule has 8 nitrogen and oxygen atoms in total. The van der Waals surface area contributed by atoms with Gasteiger partial charge in [0.2, 0.25) is 0 Å². The lowest BCUT2D eigenvalue weighted by atomic mass is 10.1. The van der Waals surface area contributed by atoms with Crippen molar-refractivity contribution in [1.29, 1.82) is 0 Å². The molecule has 0 aliphatic carbocycles. The van der Waals surface area contributed by atoms with Gasteiger partial charge in [-0.05, 0) is 12.0 Å². The summed E-state index contributed by atoms with van der Waals surface area (Å²) >= 11 is 6.52. The number of nitrogens with zero attached hydrogens (tertiary/aromatic N) is 4. The first kappa shape index (κ1) is 25.2. The number of aromatic nitrogens is 4. The third kappa shape index (κ3) is 6.80. The number of Topliss-reactive ketones (excluding diaryl/α,β-unsaturated/α-hetero) is 1. The highest BCUT2D eigenvalue weighted by molar-refractivity contribution is 7.13. The molecule has 3 aromatic rings. The number of aryl methyl sites for hydroxylation is 1. The molecule has 0 aliphatic rings. The fourth-order valence-corrected chi connectivity index (χ4v) is 3.59. The second-order valence-corrected chi connectivity index (χ2v) is 8.13. The largest absolute Gasteiger partial charge is 0.418 e. The van der Waals surface area contributed by atoms with Gasteiger partial charge >= 0.3 is 6.18 Å². The van der Waals surface area contributed by atoms with Crippen molar-refractivity contribution < 1.29 is 27.9 Å². The van der Waals surface area contributed by atoms with Crippen LogP contribution in [-0.2, 0) is 12.6 Å². The molecule has 3 heterocycles. The van der Waals surface area contributed by atoms with Gasteiger partial charge in [-0.1, -0.05) is 17.5 Å². The average Bonchev–Trinajstić information content (AvgIpc) is 3.28. The Bertz CT molecular complexity index is 1270. The van der Waals surface area contributed by atoms with Gasteiger partial charge in [0.25, 0.3) is 5.91 Å². The summed E-state index contributed by atoms with van der Waals surface area (Å²) < 4.78 is 38.9. The van der Waals surface area contributed by atoms with Crippen LogP contribution in [-0.4, -0.2) is 43.3 Å². The number of alkyl halides is 3. The molecule has 13 heteroatoms. The van der Waals surface area contributed by atoms with Crippen LogP contribution in [0.2, 0.25) is 5.02 Å². The zero-order chi connectivity index (χ0) is 24.7. The average molecular weight is 510 g/mol. The van der Waals surface area contributed by atoms with Crippen LogP contribution in [0.15, 0.2) is 30.9 Å². The smallest absolute Gasteiger partial charge is 0.395 e. The summed E-state index contributed by atoms with van der Waals surface area (Å²) in [7, 11) is 0. The van der Waals surface area contributed by atoms with E-state index in [0.717, 1.165) is 17.5 Å². The molecule has 0 radical (unpaired) electrons. The minimum absolute atomic E-state index is 0.0583. The number of carbonyl (C=O) groups is 2. The first-order valence-corrected chi connectivity index (χ1v) is 10.8. The van der Waals surface area contributed by atoms with E-state index in [1.165, 1.54) is 18.6 Å². The van der Waals surface area contributed by atoms with Gasteiger partial charge in [0.15, 0.2) is 5.78 Å². The molecule has 1 amide bonds. The van der Waals surface area contributed by atoms with Crippen molar-refractivity contribution in [3.8, 4) is 11.8 Å². The number of rotatable bonds is 7. The van der Waals surface area contributed by atoms with E-state index in [4.69, 9.17) is 16.7 Å². The van der Waals surface area contributed by atoms with Crippen LogP contribution >= 0.6 is 22.9 Å². The first-order chi connectivity index (χ1) is 16.2. The Hall–Kier alpha value is -3.40. The molecule has 0 saturated carbocycles. The Morgan fingerprint density at radius 3 is 2.68 bits per heavy atom. The quantitative estimate of drug-likeness (QED) is 0.367. The van der Waals surface area contributed by atoms with Gasteiger partial charge < -0.3 is 10.4 Å². The van der Waals surface area contributed by atoms with Crippen molar-refractivity contribution in [2.45, 2.75) is 25.4 Å². The fourth-order valence-electron chi connectivity index (χ4n) is 2.57. The van der Waals surface area contributed by atoms with Crippen LogP contribution in [0.5, 0.6) is 0 Å². The van der Waals surface area contributed by atoms with E-state index in [0.29, 0.717) is 16.8 Å². The monoisotopic (exact) mass is 509 g/mol. The number of amides is 1. The molecule has 0 aromatic carbocycles. The zero-order valence-electron chi connectivity index (χ0n) is 17.2. The van der Waals surface area contributed by atoms with Gasteiger partial charge in [-0.3, -0.25) is 9.59 Å². The van der Waals surface area contributed by atoms with E-state index in [2.05, 4.69) is 37.1 Å². The summed E-state index contributed by atoms with van der Waals surface area (Å²) in [4.78, 5) is 40.6. The van der Waals surface area contributed by atoms with Gasteiger partial charge in [-0.25, -0.2) is 19.9 Å². The summed E-state index contributed by atoms with van der Waals surface area (Å²) in [5.41, 5.74) is -0.591. The van der Waals surface area contributed by atoms with Crippen molar-refractivity contribution in [2.75, 3.05) is 11.9 Å². The van der Waals surface area contributed by atoms with Crippen molar-refractivity contribution in [3.63, 3.8) is 0 Å². The Morgan fingerprint density at radius 1 is 1.15 bits per heavy atom. The van der Waals surface area contributed by atoms with Gasteiger partial charge in [-0.2, -0.15) is 13.2 Å². The third-order valence-corrected chi connectivity index (χ3v) is 5.51. The number of ketones is 1. The van der Waals surface area contributed by atoms with Crippen LogP contribution in [0.25, 0.3) is 0 Å². The Balaban J connectivity index is 1.61. The molecule has 0 bridgehead atoms. The van der Waals surface area contributed by atoms with Crippen LogP contribution in [0.4, 0.5) is 19.0 Å². The van der Waals surface area contributed by atoms with Gasteiger partial charge in [0, 0.05) is 31.5 Å². The number of anilines is 1. The molecule has 3 rings (SSSR count). The predicted octanol–water partition coefficient (Wildman–Crippen LogP) is 3.80. The number of aliphatic hydroxyl groups excluding tert-OH is 1. The number of pyridine rings is 1. The zero-order valence-corrected chi connectivity index (χ0v) is 18.8. The molecule has 2 N–H and O–H groups in total. The summed E-state index contributed by atoms with van der Waals surface area (Å²) in [6, 6.07) is 2.09. The highest BCUT2D eigenvalue weighted by atomic mass is 35.5. The molecule has 0 spiro atoms. The molecule has 0 fully saturated rings. The van der Waals surface area contributed by atoms with E-state index in [1.807, 2.05) is 0 Å². The molecular formula is C21H15ClF3N5O3S. The number of hydrogen-bond acceptors (Lipinski definition) is 8. The van der Waals surface area contributed by atoms with Crippen molar-refractivity contribution in [3.05, 3.63) is 62.7 Å². The van der Waals surface area contributed by atoms with Crippen molar-refractivity contribution >= 4 is 40.4 Å². The number of thiazole rings is 1. The fraction of sp³-hybridized carbons (Fsp3) is 0.238. The third-order valence-electron chi connectivity index (χ3n) is 4.15. The molecule has 176 valence electrons. The number of carbonyl (C=O) groups excluding carboxylic acids is 2. The highest BCUT2D eigenvalue weighted by Crippen LogP contribution is 2.35. The highest BCUT2D eigenvalue weighted by Gasteiger charge is 2.34. The van der Waals surface area contributed by atoms with E-state index < -0.39 is 22.7 Å². The molecule has 0 unspecified atom stereocenters. The normalized spacial score (nSPS) is 11.0. The minimum Gasteiger partial charge on any atom is -0.395 e. The van der Waals surface area contributed by atoms with Crippen molar-refractivity contribution in [2.24, 2.45) is 0 Å². The van der Waals surface area contributed by atoms with Crippen molar-refractivity contribution in [1.82, 2.24) is 19.9 Å². The number of halogens is 4. The maximum Gasteiger partial charge on any atom is 0.418 e. The van der Waals surface area contributed by atoms with Crippen LogP contribution in [0, 0.1) is 11.8 Å². The van der Waals surface area contributed by atoms with E-state index >= 15 is 0 Å². The van der Waals surface area contributed by atoms with E-state index in [1.54, 1.807) is 0 Å². The Morgan fingerprint density at radius 2 is 1.94 bits per heavy atom. The van der Waals surface area contributed by atoms with E-state index in [9.17, 15) is 22.8 Å². The number of aliphatic hydroxyl groups is 1. The van der Waals surface area contributed by atoms with Crippen LogP contribution < -0.4 is 5.32 Å². The summed E-state index contributed by atoms with van der Waals surface area (Å²) in [6.45, 7) is -0.0809. The topological polar surface area (TPSA) is 118 Å². The lowest BCUT2D eigenvalue weighted by Gasteiger charge is -2.10. The van der Waals surface area contributed by atoms with Gasteiger partial charge in [0.05, 0.1) is 28.4 Å². The maximum atomic E-state index is 13.0. The van der Waals surface area contributed by atoms with Crippen LogP contribution in [0.3, 0.4) is 0 Å². The Kier molecular flexibility index (Phi) is 8.27. The Labute approximate surface area is 200 Å². The second-order valence-electron chi connectivity index (χ2n) is 6.61. The molecule has 0 atom stereocenters. The minimum atomic E-state index is -4.69. The molecule has 0 saturated heterocycles. The lowest BCUT2D eigenvalue weighted by Crippen LogP contribution is -2.13. The van der Waals surface area contributed by atoms with Gasteiger partial charge in [-0.15, -0.1) is 11.3 Å². The molecule has 34 heavy (non-hydrogen) atoms. The van der Waals surface area contributed by atoms with Crippen LogP contribution in [0.1, 0.15) is 49.3 Å². The standard InChI is InChI=1S/C21H15ClF3N5O3S/c22-14-9-26-18(8-13(14)21(23,24)25)30-20(33)17-10-27-19(34-17)5-4-16(32)15-7-12(28-11-29-15)3-1-2-6-31/h7-11,31H,2,4-6H2,(H,26,30,33). The van der Waals surface area contributed by atoms with E-state index in [-0.39, 0.29) is 48.0 Å². The second kappa shape index (κ2) is 11.1. The summed E-state index contributed by atoms with van der Waals surface area (Å²) in [5.74, 6) is 4.14. The van der Waals surface area contributed by atoms with Gasteiger partial charge in [0.1, 0.15) is 28.4 Å².